The number of morpholine rings is 1. The molecule has 0 spiro atoms. The maximum Gasteiger partial charge on any atom is 0.326 e. The smallest absolute Gasteiger partial charge is 0.326 e. The Labute approximate surface area is 152 Å². The molecule has 1 amide bonds. The fourth-order valence-corrected chi connectivity index (χ4v) is 3.86. The van der Waals surface area contributed by atoms with Gasteiger partial charge in [-0.2, -0.15) is 4.31 Å². The summed E-state index contributed by atoms with van der Waals surface area (Å²) in [7, 11) is -3.63. The molecule has 8 nitrogen and oxygen atoms in total. The monoisotopic (exact) mass is 382 g/mol. The molecular formula is C17H22N2O6S. The van der Waals surface area contributed by atoms with E-state index in [0.717, 1.165) is 0 Å². The van der Waals surface area contributed by atoms with E-state index < -0.39 is 27.9 Å². The number of benzene rings is 1. The highest BCUT2D eigenvalue weighted by atomic mass is 32.2. The predicted octanol–water partition coefficient (Wildman–Crippen LogP) is 0.857. The summed E-state index contributed by atoms with van der Waals surface area (Å²) in [4.78, 5) is 23.5. The maximum atomic E-state index is 12.5. The molecule has 0 aliphatic carbocycles. The molecule has 1 fully saturated rings. The highest BCUT2D eigenvalue weighted by molar-refractivity contribution is 7.89. The molecule has 0 saturated carbocycles. The van der Waals surface area contributed by atoms with Crippen molar-refractivity contribution in [2.75, 3.05) is 26.3 Å². The predicted molar refractivity (Wildman–Crippen MR) is 94.3 cm³/mol. The number of rotatable bonds is 7. The number of allylic oxidation sites excluding steroid dienone is 1. The number of carboxylic acid groups (broad SMARTS) is 1. The molecule has 0 bridgehead atoms. The largest absolute Gasteiger partial charge is 0.480 e. The van der Waals surface area contributed by atoms with Crippen molar-refractivity contribution in [1.29, 1.82) is 0 Å². The second-order valence-corrected chi connectivity index (χ2v) is 7.65. The SMILES string of the molecule is C/C=C/CC(NC(=O)c1ccc(S(=O)(=O)N2CCOCC2)cc1)C(=O)O. The van der Waals surface area contributed by atoms with Crippen LogP contribution in [-0.2, 0) is 19.6 Å². The molecule has 26 heavy (non-hydrogen) atoms. The van der Waals surface area contributed by atoms with Gasteiger partial charge in [0.15, 0.2) is 0 Å². The Morgan fingerprint density at radius 3 is 2.42 bits per heavy atom. The van der Waals surface area contributed by atoms with Crippen molar-refractivity contribution in [3.8, 4) is 0 Å². The van der Waals surface area contributed by atoms with Crippen molar-refractivity contribution in [1.82, 2.24) is 9.62 Å². The number of carbonyl (C=O) groups excluding carboxylic acids is 1. The number of carbonyl (C=O) groups is 2. The van der Waals surface area contributed by atoms with Crippen molar-refractivity contribution in [3.63, 3.8) is 0 Å². The first-order chi connectivity index (χ1) is 12.4. The maximum absolute atomic E-state index is 12.5. The van der Waals surface area contributed by atoms with Gasteiger partial charge in [-0.05, 0) is 37.6 Å². The molecule has 1 unspecified atom stereocenters. The molecule has 0 radical (unpaired) electrons. The first-order valence-corrected chi connectivity index (χ1v) is 9.63. The van der Waals surface area contributed by atoms with Gasteiger partial charge in [-0.3, -0.25) is 4.79 Å². The molecule has 1 aliphatic rings. The van der Waals surface area contributed by atoms with E-state index in [4.69, 9.17) is 9.84 Å². The zero-order valence-corrected chi connectivity index (χ0v) is 15.2. The van der Waals surface area contributed by atoms with Gasteiger partial charge in [0.05, 0.1) is 18.1 Å². The molecule has 1 saturated heterocycles. The molecular weight excluding hydrogens is 360 g/mol. The number of ether oxygens (including phenoxy) is 1. The van der Waals surface area contributed by atoms with Crippen LogP contribution in [0.2, 0.25) is 0 Å². The second kappa shape index (κ2) is 8.93. The summed E-state index contributed by atoms with van der Waals surface area (Å²) in [5.41, 5.74) is 0.192. The number of sulfonamides is 1. The Hall–Kier alpha value is -2.23. The lowest BCUT2D eigenvalue weighted by Crippen LogP contribution is -2.41. The van der Waals surface area contributed by atoms with E-state index in [2.05, 4.69) is 5.32 Å². The average molecular weight is 382 g/mol. The van der Waals surface area contributed by atoms with Crippen molar-refractivity contribution in [3.05, 3.63) is 42.0 Å². The van der Waals surface area contributed by atoms with Crippen molar-refractivity contribution >= 4 is 21.9 Å². The first-order valence-electron chi connectivity index (χ1n) is 8.19. The number of nitrogens with one attached hydrogen (secondary N) is 1. The highest BCUT2D eigenvalue weighted by Gasteiger charge is 2.26. The van der Waals surface area contributed by atoms with Crippen molar-refractivity contribution in [2.45, 2.75) is 24.3 Å². The molecule has 1 aromatic rings. The number of carboxylic acids is 1. The van der Waals surface area contributed by atoms with E-state index in [-0.39, 0.29) is 30.0 Å². The third kappa shape index (κ3) is 4.90. The molecule has 1 heterocycles. The van der Waals surface area contributed by atoms with Crippen LogP contribution in [0.3, 0.4) is 0 Å². The first kappa shape index (κ1) is 20.1. The van der Waals surface area contributed by atoms with Gasteiger partial charge in [-0.1, -0.05) is 12.2 Å². The third-order valence-corrected chi connectivity index (χ3v) is 5.85. The summed E-state index contributed by atoms with van der Waals surface area (Å²) in [6.07, 6.45) is 3.52. The van der Waals surface area contributed by atoms with Crippen LogP contribution < -0.4 is 5.32 Å². The highest BCUT2D eigenvalue weighted by Crippen LogP contribution is 2.17. The summed E-state index contributed by atoms with van der Waals surface area (Å²) in [5.74, 6) is -1.71. The summed E-state index contributed by atoms with van der Waals surface area (Å²) in [6, 6.07) is 4.40. The van der Waals surface area contributed by atoms with Crippen LogP contribution in [0.1, 0.15) is 23.7 Å². The zero-order valence-electron chi connectivity index (χ0n) is 14.4. The van der Waals surface area contributed by atoms with Gasteiger partial charge in [0.2, 0.25) is 10.0 Å². The fraction of sp³-hybridized carbons (Fsp3) is 0.412. The minimum atomic E-state index is -3.63. The van der Waals surface area contributed by atoms with Crippen molar-refractivity contribution < 1.29 is 27.9 Å². The van der Waals surface area contributed by atoms with Gasteiger partial charge >= 0.3 is 5.97 Å². The topological polar surface area (TPSA) is 113 Å². The molecule has 2 rings (SSSR count). The van der Waals surface area contributed by atoms with E-state index in [1.54, 1.807) is 19.1 Å². The van der Waals surface area contributed by atoms with Crippen LogP contribution in [0.4, 0.5) is 0 Å². The number of hydrogen-bond donors (Lipinski definition) is 2. The van der Waals surface area contributed by atoms with Gasteiger partial charge < -0.3 is 15.2 Å². The van der Waals surface area contributed by atoms with Crippen LogP contribution >= 0.6 is 0 Å². The Morgan fingerprint density at radius 2 is 1.88 bits per heavy atom. The lowest BCUT2D eigenvalue weighted by atomic mass is 10.1. The Bertz CT molecular complexity index is 767. The quantitative estimate of drug-likeness (QED) is 0.676. The van der Waals surface area contributed by atoms with Gasteiger partial charge in [0, 0.05) is 18.7 Å². The summed E-state index contributed by atoms with van der Waals surface area (Å²) < 4.78 is 31.6. The van der Waals surface area contributed by atoms with E-state index >= 15 is 0 Å². The normalized spacial score (nSPS) is 17.1. The standard InChI is InChI=1S/C17H22N2O6S/c1-2-3-4-15(17(21)22)18-16(20)13-5-7-14(8-6-13)26(23,24)19-9-11-25-12-10-19/h2-3,5-8,15H,4,9-12H2,1H3,(H,18,20)(H,21,22)/b3-2+. The minimum absolute atomic E-state index is 0.0830. The molecule has 142 valence electrons. The zero-order chi connectivity index (χ0) is 19.2. The van der Waals surface area contributed by atoms with E-state index in [1.807, 2.05) is 0 Å². The van der Waals surface area contributed by atoms with Gasteiger partial charge in [-0.15, -0.1) is 0 Å². The van der Waals surface area contributed by atoms with Crippen LogP contribution in [0.15, 0.2) is 41.3 Å². The Balaban J connectivity index is 2.10. The number of amides is 1. The van der Waals surface area contributed by atoms with Crippen LogP contribution in [-0.4, -0.2) is 62.1 Å². The summed E-state index contributed by atoms with van der Waals surface area (Å²) in [6.45, 7) is 3.03. The summed E-state index contributed by atoms with van der Waals surface area (Å²) in [5, 5.41) is 11.6. The van der Waals surface area contributed by atoms with Gasteiger partial charge in [-0.25, -0.2) is 13.2 Å². The lowest BCUT2D eigenvalue weighted by molar-refractivity contribution is -0.139. The van der Waals surface area contributed by atoms with Crippen LogP contribution in [0.25, 0.3) is 0 Å². The Morgan fingerprint density at radius 1 is 1.27 bits per heavy atom. The summed E-state index contributed by atoms with van der Waals surface area (Å²) >= 11 is 0. The van der Waals surface area contributed by atoms with Gasteiger partial charge in [0.25, 0.3) is 5.91 Å². The molecule has 2 N–H and O–H groups in total. The number of nitrogens with zero attached hydrogens (tertiary/aromatic N) is 1. The van der Waals surface area contributed by atoms with E-state index in [0.29, 0.717) is 13.2 Å². The lowest BCUT2D eigenvalue weighted by Gasteiger charge is -2.26. The van der Waals surface area contributed by atoms with E-state index in [1.165, 1.54) is 28.6 Å². The molecule has 1 aliphatic heterocycles. The van der Waals surface area contributed by atoms with Crippen molar-refractivity contribution in [2.24, 2.45) is 0 Å². The van der Waals surface area contributed by atoms with Gasteiger partial charge in [0.1, 0.15) is 6.04 Å². The van der Waals surface area contributed by atoms with Crippen LogP contribution in [0.5, 0.6) is 0 Å². The third-order valence-electron chi connectivity index (χ3n) is 3.94. The molecule has 0 aromatic heterocycles. The minimum Gasteiger partial charge on any atom is -0.480 e. The number of hydrogen-bond acceptors (Lipinski definition) is 5. The number of aliphatic carboxylic acids is 1. The fourth-order valence-electron chi connectivity index (χ4n) is 2.45. The average Bonchev–Trinajstić information content (AvgIpc) is 2.65. The Kier molecular flexibility index (Phi) is 6.90. The molecule has 1 aromatic carbocycles. The molecule has 9 heteroatoms. The van der Waals surface area contributed by atoms with Crippen LogP contribution in [0, 0.1) is 0 Å². The second-order valence-electron chi connectivity index (χ2n) is 5.71. The van der Waals surface area contributed by atoms with E-state index in [9.17, 15) is 18.0 Å². The molecule has 1 atom stereocenters.